The van der Waals surface area contributed by atoms with Gasteiger partial charge in [0.2, 0.25) is 0 Å². The molecule has 0 heterocycles. The van der Waals surface area contributed by atoms with E-state index >= 15 is 0 Å². The summed E-state index contributed by atoms with van der Waals surface area (Å²) in [5.74, 6) is 0. The van der Waals surface area contributed by atoms with Gasteiger partial charge in [0, 0.05) is 30.8 Å². The van der Waals surface area contributed by atoms with Crippen LogP contribution in [0.25, 0.3) is 0 Å². The molecule has 0 saturated heterocycles. The molecule has 0 fully saturated rings. The summed E-state index contributed by atoms with van der Waals surface area (Å²) in [6.07, 6.45) is 0.915. The van der Waals surface area contributed by atoms with Crippen LogP contribution in [0.15, 0.2) is 12.8 Å². The Balaban J connectivity index is 0. The Kier molecular flexibility index (Phi) is 9.69. The molecule has 0 bridgehead atoms. The molecular weight excluding hydrogens is 194 g/mol. The summed E-state index contributed by atoms with van der Waals surface area (Å²) >= 11 is 0. The molecule has 0 radical (unpaired) electrons. The SMILES string of the molecule is C=CO[P+](=O)O.[Zr]. The van der Waals surface area contributed by atoms with Crippen LogP contribution in [0.3, 0.4) is 0 Å². The molecular formula is C2H4O3PZr+. The van der Waals surface area contributed by atoms with Crippen molar-refractivity contribution in [2.75, 3.05) is 0 Å². The summed E-state index contributed by atoms with van der Waals surface area (Å²) in [6.45, 7) is 3.03. The van der Waals surface area contributed by atoms with Gasteiger partial charge in [-0.1, -0.05) is 6.58 Å². The Morgan fingerprint density at radius 3 is 2.29 bits per heavy atom. The first-order valence-corrected chi connectivity index (χ1v) is 2.34. The van der Waals surface area contributed by atoms with Crippen molar-refractivity contribution >= 4 is 8.25 Å². The maximum absolute atomic E-state index is 9.45. The minimum absolute atomic E-state index is 0. The van der Waals surface area contributed by atoms with Crippen LogP contribution in [-0.4, -0.2) is 4.89 Å². The molecule has 1 atom stereocenters. The van der Waals surface area contributed by atoms with E-state index in [2.05, 4.69) is 11.1 Å². The molecule has 5 heteroatoms. The van der Waals surface area contributed by atoms with Crippen LogP contribution in [0, 0.1) is 0 Å². The molecule has 0 saturated carbocycles. The van der Waals surface area contributed by atoms with E-state index in [1.165, 1.54) is 0 Å². The zero-order valence-corrected chi connectivity index (χ0v) is 6.85. The zero-order chi connectivity index (χ0) is 4.99. The summed E-state index contributed by atoms with van der Waals surface area (Å²) in [6, 6.07) is 0. The van der Waals surface area contributed by atoms with Crippen molar-refractivity contribution in [3.63, 3.8) is 0 Å². The van der Waals surface area contributed by atoms with E-state index in [1.54, 1.807) is 0 Å². The second-order valence-electron chi connectivity index (χ2n) is 0.510. The fourth-order valence-corrected chi connectivity index (χ4v) is 0.191. The first kappa shape index (κ1) is 10.5. The van der Waals surface area contributed by atoms with Crippen LogP contribution < -0.4 is 0 Å². The molecule has 0 aliphatic carbocycles. The Morgan fingerprint density at radius 2 is 2.29 bits per heavy atom. The van der Waals surface area contributed by atoms with Gasteiger partial charge >= 0.3 is 8.25 Å². The molecule has 0 aromatic rings. The molecule has 0 aromatic heterocycles. The van der Waals surface area contributed by atoms with Crippen molar-refractivity contribution in [1.82, 2.24) is 0 Å². The van der Waals surface area contributed by atoms with Gasteiger partial charge in [0.15, 0.2) is 0 Å². The average molecular weight is 198 g/mol. The van der Waals surface area contributed by atoms with Crippen LogP contribution >= 0.6 is 8.25 Å². The molecule has 0 amide bonds. The zero-order valence-electron chi connectivity index (χ0n) is 3.50. The van der Waals surface area contributed by atoms with Crippen molar-refractivity contribution in [2.45, 2.75) is 0 Å². The van der Waals surface area contributed by atoms with Crippen molar-refractivity contribution < 1.29 is 40.2 Å². The van der Waals surface area contributed by atoms with Gasteiger partial charge in [0.05, 0.1) is 0 Å². The standard InChI is InChI=1S/C2H3O3P.Zr/c1-2-5-6(3)4;/h2H,1H2;/p+1. The van der Waals surface area contributed by atoms with Gasteiger partial charge in [-0.2, -0.15) is 0 Å². The third-order valence-corrected chi connectivity index (χ3v) is 0.494. The molecule has 3 nitrogen and oxygen atoms in total. The van der Waals surface area contributed by atoms with Crippen molar-refractivity contribution in [2.24, 2.45) is 0 Å². The Hall–Kier alpha value is 0.483. The third-order valence-electron chi connectivity index (χ3n) is 0.165. The molecule has 0 rings (SSSR count). The van der Waals surface area contributed by atoms with Gasteiger partial charge in [-0.15, -0.1) is 4.89 Å². The van der Waals surface area contributed by atoms with Gasteiger partial charge in [-0.3, -0.25) is 0 Å². The Labute approximate surface area is 61.4 Å². The quantitative estimate of drug-likeness (QED) is 0.527. The number of hydrogen-bond acceptors (Lipinski definition) is 2. The average Bonchev–Trinajstić information content (AvgIpc) is 1.35. The monoisotopic (exact) mass is 197 g/mol. The van der Waals surface area contributed by atoms with Crippen LogP contribution in [0.4, 0.5) is 0 Å². The Bertz CT molecular complexity index is 73.3. The summed E-state index contributed by atoms with van der Waals surface area (Å²) in [4.78, 5) is 7.77. The summed E-state index contributed by atoms with van der Waals surface area (Å²) in [7, 11) is -2.47. The molecule has 0 aromatic carbocycles. The molecule has 38 valence electrons. The molecule has 1 N–H and O–H groups in total. The van der Waals surface area contributed by atoms with Crippen LogP contribution in [0.1, 0.15) is 0 Å². The molecule has 0 aliphatic heterocycles. The second kappa shape index (κ2) is 6.48. The van der Waals surface area contributed by atoms with Crippen molar-refractivity contribution in [3.05, 3.63) is 12.8 Å². The summed E-state index contributed by atoms with van der Waals surface area (Å²) < 4.78 is 13.3. The predicted molar refractivity (Wildman–Crippen MR) is 21.1 cm³/mol. The van der Waals surface area contributed by atoms with Crippen molar-refractivity contribution in [3.8, 4) is 0 Å². The second-order valence-corrected chi connectivity index (χ2v) is 1.20. The van der Waals surface area contributed by atoms with E-state index in [-0.39, 0.29) is 26.2 Å². The number of rotatable bonds is 2. The minimum Gasteiger partial charge on any atom is -0.238 e. The fourth-order valence-electron chi connectivity index (χ4n) is 0.0638. The smallest absolute Gasteiger partial charge is 0.238 e. The van der Waals surface area contributed by atoms with Crippen LogP contribution in [0.2, 0.25) is 0 Å². The fraction of sp³-hybridized carbons (Fsp3) is 0. The molecule has 0 spiro atoms. The topological polar surface area (TPSA) is 46.5 Å². The van der Waals surface area contributed by atoms with E-state index in [0.29, 0.717) is 0 Å². The third kappa shape index (κ3) is 10.7. The van der Waals surface area contributed by atoms with E-state index in [1.807, 2.05) is 0 Å². The minimum atomic E-state index is -2.47. The molecule has 0 aliphatic rings. The summed E-state index contributed by atoms with van der Waals surface area (Å²) in [5, 5.41) is 0. The van der Waals surface area contributed by atoms with Crippen LogP contribution in [0.5, 0.6) is 0 Å². The number of hydrogen-bond donors (Lipinski definition) is 1. The van der Waals surface area contributed by atoms with Crippen LogP contribution in [-0.2, 0) is 35.3 Å². The maximum atomic E-state index is 9.45. The maximum Gasteiger partial charge on any atom is 0.746 e. The van der Waals surface area contributed by atoms with Gasteiger partial charge in [0.25, 0.3) is 0 Å². The first-order valence-electron chi connectivity index (χ1n) is 1.21. The van der Waals surface area contributed by atoms with E-state index < -0.39 is 8.25 Å². The van der Waals surface area contributed by atoms with E-state index in [0.717, 1.165) is 6.26 Å². The van der Waals surface area contributed by atoms with Gasteiger partial charge in [-0.05, 0) is 0 Å². The first-order chi connectivity index (χ1) is 2.77. The summed E-state index contributed by atoms with van der Waals surface area (Å²) in [5.41, 5.74) is 0. The van der Waals surface area contributed by atoms with E-state index in [9.17, 15) is 4.57 Å². The van der Waals surface area contributed by atoms with Gasteiger partial charge < -0.3 is 0 Å². The van der Waals surface area contributed by atoms with Crippen molar-refractivity contribution in [1.29, 1.82) is 0 Å². The Morgan fingerprint density at radius 1 is 1.86 bits per heavy atom. The van der Waals surface area contributed by atoms with E-state index in [4.69, 9.17) is 4.89 Å². The molecule has 7 heavy (non-hydrogen) atoms. The predicted octanol–water partition coefficient (Wildman–Crippen LogP) is 0.794. The van der Waals surface area contributed by atoms with Gasteiger partial charge in [0.1, 0.15) is 6.26 Å². The molecule has 1 unspecified atom stereocenters. The largest absolute Gasteiger partial charge is 0.746 e. The van der Waals surface area contributed by atoms with Gasteiger partial charge in [-0.25, -0.2) is 4.52 Å². The normalized spacial score (nSPS) is 8.43.